The number of piperidine rings is 1. The Labute approximate surface area is 125 Å². The van der Waals surface area contributed by atoms with Crippen LogP contribution in [-0.4, -0.2) is 52.9 Å². The smallest absolute Gasteiger partial charge is 0.224 e. The quantitative estimate of drug-likeness (QED) is 0.884. The van der Waals surface area contributed by atoms with Crippen molar-refractivity contribution in [1.29, 1.82) is 0 Å². The van der Waals surface area contributed by atoms with Gasteiger partial charge in [0.1, 0.15) is 0 Å². The summed E-state index contributed by atoms with van der Waals surface area (Å²) in [5, 5.41) is 7.11. The molecule has 0 unspecified atom stereocenters. The number of rotatable bonds is 4. The number of aromatic nitrogens is 2. The van der Waals surface area contributed by atoms with E-state index in [2.05, 4.69) is 28.4 Å². The van der Waals surface area contributed by atoms with Crippen molar-refractivity contribution in [3.63, 3.8) is 0 Å². The predicted octanol–water partition coefficient (Wildman–Crippen LogP) is 0.628. The maximum absolute atomic E-state index is 12.0. The van der Waals surface area contributed by atoms with Gasteiger partial charge in [0.25, 0.3) is 0 Å². The van der Waals surface area contributed by atoms with E-state index >= 15 is 0 Å². The summed E-state index contributed by atoms with van der Waals surface area (Å²) < 4.78 is 7.78. The first-order valence-electron chi connectivity index (χ1n) is 7.79. The lowest BCUT2D eigenvalue weighted by Gasteiger charge is -2.40. The number of fused-ring (bicyclic) bond motifs is 1. The minimum Gasteiger partial charge on any atom is -0.377 e. The number of hydrogen-bond acceptors (Lipinski definition) is 4. The van der Waals surface area contributed by atoms with Gasteiger partial charge in [-0.15, -0.1) is 0 Å². The number of hydrogen-bond donors (Lipinski definition) is 1. The largest absolute Gasteiger partial charge is 0.377 e. The molecule has 1 aromatic rings. The van der Waals surface area contributed by atoms with Crippen LogP contribution < -0.4 is 5.32 Å². The highest BCUT2D eigenvalue weighted by atomic mass is 16.5. The molecule has 116 valence electrons. The van der Waals surface area contributed by atoms with Gasteiger partial charge in [-0.25, -0.2) is 0 Å². The molecule has 3 rings (SSSR count). The molecule has 6 nitrogen and oxygen atoms in total. The van der Waals surface area contributed by atoms with Gasteiger partial charge in [-0.1, -0.05) is 0 Å². The molecule has 0 spiro atoms. The Morgan fingerprint density at radius 1 is 1.57 bits per heavy atom. The number of nitrogens with zero attached hydrogens (tertiary/aromatic N) is 3. The van der Waals surface area contributed by atoms with Gasteiger partial charge in [-0.3, -0.25) is 14.4 Å². The molecule has 2 saturated heterocycles. The van der Waals surface area contributed by atoms with Gasteiger partial charge in [-0.05, 0) is 19.8 Å². The average Bonchev–Trinajstić information content (AvgIpc) is 3.14. The highest BCUT2D eigenvalue weighted by molar-refractivity contribution is 5.78. The van der Waals surface area contributed by atoms with Crippen LogP contribution in [0.15, 0.2) is 12.4 Å². The molecule has 1 N–H and O–H groups in total. The fraction of sp³-hybridized carbons (Fsp3) is 0.733. The molecule has 1 aromatic heterocycles. The van der Waals surface area contributed by atoms with E-state index in [0.29, 0.717) is 6.04 Å². The minimum absolute atomic E-state index is 0.0237. The van der Waals surface area contributed by atoms with E-state index in [0.717, 1.165) is 39.1 Å². The number of nitrogens with one attached hydrogen (secondary N) is 1. The van der Waals surface area contributed by atoms with Gasteiger partial charge in [0.2, 0.25) is 5.91 Å². The van der Waals surface area contributed by atoms with E-state index < -0.39 is 0 Å². The average molecular weight is 292 g/mol. The number of aryl methyl sites for hydroxylation is 1. The minimum atomic E-state index is 0.0237. The highest BCUT2D eigenvalue weighted by Gasteiger charge is 2.41. The topological polar surface area (TPSA) is 59.4 Å². The number of carbonyl (C=O) groups is 1. The summed E-state index contributed by atoms with van der Waals surface area (Å²) >= 11 is 0. The molecule has 2 aliphatic rings. The molecule has 0 aromatic carbocycles. The van der Waals surface area contributed by atoms with Crippen molar-refractivity contribution in [2.45, 2.75) is 45.0 Å². The first-order valence-corrected chi connectivity index (χ1v) is 7.79. The van der Waals surface area contributed by atoms with Crippen molar-refractivity contribution >= 4 is 5.91 Å². The normalized spacial score (nSPS) is 29.3. The second kappa shape index (κ2) is 6.15. The number of carbonyl (C=O) groups excluding carboxylic acids is 1. The van der Waals surface area contributed by atoms with E-state index in [4.69, 9.17) is 4.74 Å². The highest BCUT2D eigenvalue weighted by Crippen LogP contribution is 2.32. The van der Waals surface area contributed by atoms with Gasteiger partial charge in [-0.2, -0.15) is 5.10 Å². The van der Waals surface area contributed by atoms with E-state index in [-0.39, 0.29) is 17.9 Å². The predicted molar refractivity (Wildman–Crippen MR) is 78.6 cm³/mol. The van der Waals surface area contributed by atoms with E-state index in [1.807, 2.05) is 10.9 Å². The van der Waals surface area contributed by atoms with Crippen molar-refractivity contribution in [3.05, 3.63) is 18.0 Å². The van der Waals surface area contributed by atoms with Crippen LogP contribution in [0.4, 0.5) is 0 Å². The molecule has 0 bridgehead atoms. The molecule has 0 aliphatic carbocycles. The van der Waals surface area contributed by atoms with Crippen LogP contribution in [0.5, 0.6) is 0 Å². The van der Waals surface area contributed by atoms with Gasteiger partial charge in [0.05, 0.1) is 18.2 Å². The lowest BCUT2D eigenvalue weighted by molar-refractivity contribution is -0.129. The lowest BCUT2D eigenvalue weighted by Crippen LogP contribution is -2.52. The number of ether oxygens (including phenoxy) is 1. The van der Waals surface area contributed by atoms with Gasteiger partial charge in [0.15, 0.2) is 0 Å². The van der Waals surface area contributed by atoms with E-state index in [9.17, 15) is 4.79 Å². The first kappa shape index (κ1) is 14.5. The second-order valence-electron chi connectivity index (χ2n) is 5.95. The van der Waals surface area contributed by atoms with Crippen LogP contribution in [0.2, 0.25) is 0 Å². The van der Waals surface area contributed by atoms with Crippen LogP contribution in [-0.2, 0) is 22.6 Å². The summed E-state index contributed by atoms with van der Waals surface area (Å²) in [5.74, 6) is 0.147. The Balaban J connectivity index is 1.72. The SMILES string of the molecule is CCn1cc(CN2C[C@@H](C(=O)NC)C[C@H]3OCC[C@H]32)cn1. The monoisotopic (exact) mass is 292 g/mol. The van der Waals surface area contributed by atoms with Crippen molar-refractivity contribution < 1.29 is 9.53 Å². The van der Waals surface area contributed by atoms with Crippen molar-refractivity contribution in [2.24, 2.45) is 5.92 Å². The molecule has 3 atom stereocenters. The summed E-state index contributed by atoms with van der Waals surface area (Å²) in [7, 11) is 1.71. The molecule has 0 radical (unpaired) electrons. The van der Waals surface area contributed by atoms with E-state index in [1.165, 1.54) is 5.56 Å². The summed E-state index contributed by atoms with van der Waals surface area (Å²) in [5.41, 5.74) is 1.21. The standard InChI is InChI=1S/C15H24N4O2/c1-3-19-9-11(7-17-19)8-18-10-12(15(20)16-2)6-14-13(18)4-5-21-14/h7,9,12-14H,3-6,8,10H2,1-2H3,(H,16,20)/t12-,13+,14+/m0/s1. The molecular weight excluding hydrogens is 268 g/mol. The Hall–Kier alpha value is -1.40. The molecule has 6 heteroatoms. The summed E-state index contributed by atoms with van der Waals surface area (Å²) in [6, 6.07) is 0.441. The van der Waals surface area contributed by atoms with Crippen LogP contribution in [0, 0.1) is 5.92 Å². The summed E-state index contributed by atoms with van der Waals surface area (Å²) in [4.78, 5) is 14.4. The first-order chi connectivity index (χ1) is 10.2. The van der Waals surface area contributed by atoms with Crippen LogP contribution in [0.1, 0.15) is 25.3 Å². The number of likely N-dealkylation sites (tertiary alicyclic amines) is 1. The van der Waals surface area contributed by atoms with E-state index in [1.54, 1.807) is 7.05 Å². The zero-order chi connectivity index (χ0) is 14.8. The molecule has 2 aliphatic heterocycles. The molecule has 2 fully saturated rings. The summed E-state index contributed by atoms with van der Waals surface area (Å²) in [6.07, 6.45) is 6.12. The zero-order valence-electron chi connectivity index (χ0n) is 12.8. The fourth-order valence-corrected chi connectivity index (χ4v) is 3.52. The van der Waals surface area contributed by atoms with Crippen molar-refractivity contribution in [1.82, 2.24) is 20.0 Å². The lowest BCUT2D eigenvalue weighted by atomic mass is 9.89. The van der Waals surface area contributed by atoms with Gasteiger partial charge >= 0.3 is 0 Å². The Bertz CT molecular complexity index is 502. The maximum Gasteiger partial charge on any atom is 0.224 e. The van der Waals surface area contributed by atoms with Crippen LogP contribution in [0.25, 0.3) is 0 Å². The zero-order valence-corrected chi connectivity index (χ0v) is 12.8. The third kappa shape index (κ3) is 2.96. The Morgan fingerprint density at radius 2 is 2.43 bits per heavy atom. The molecule has 0 saturated carbocycles. The molecular formula is C15H24N4O2. The van der Waals surface area contributed by atoms with Gasteiger partial charge in [0, 0.05) is 51.1 Å². The Morgan fingerprint density at radius 3 is 3.14 bits per heavy atom. The molecule has 21 heavy (non-hydrogen) atoms. The second-order valence-corrected chi connectivity index (χ2v) is 5.95. The molecule has 3 heterocycles. The maximum atomic E-state index is 12.0. The van der Waals surface area contributed by atoms with Gasteiger partial charge < -0.3 is 10.1 Å². The number of amides is 1. The third-order valence-electron chi connectivity index (χ3n) is 4.63. The van der Waals surface area contributed by atoms with Crippen molar-refractivity contribution in [2.75, 3.05) is 20.2 Å². The summed E-state index contributed by atoms with van der Waals surface area (Å²) in [6.45, 7) is 5.43. The Kier molecular flexibility index (Phi) is 4.26. The van der Waals surface area contributed by atoms with Crippen LogP contribution >= 0.6 is 0 Å². The third-order valence-corrected chi connectivity index (χ3v) is 4.63. The van der Waals surface area contributed by atoms with Crippen LogP contribution in [0.3, 0.4) is 0 Å². The fourth-order valence-electron chi connectivity index (χ4n) is 3.52. The molecule has 1 amide bonds. The van der Waals surface area contributed by atoms with Crippen molar-refractivity contribution in [3.8, 4) is 0 Å².